The SMILES string of the molecule is CCCC=Cc1ccc(N=Nc2ccc(CCC)cc2)cc1. The van der Waals surface area contributed by atoms with Crippen LogP contribution in [0.25, 0.3) is 6.08 Å². The molecule has 0 unspecified atom stereocenters. The second-order valence-corrected chi connectivity index (χ2v) is 5.40. The Morgan fingerprint density at radius 1 is 0.773 bits per heavy atom. The molecule has 0 atom stereocenters. The normalized spacial score (nSPS) is 11.5. The molecule has 0 saturated heterocycles. The molecule has 0 N–H and O–H groups in total. The first-order valence-electron chi connectivity index (χ1n) is 8.09. The first-order chi connectivity index (χ1) is 10.8. The van der Waals surface area contributed by atoms with E-state index in [1.807, 2.05) is 24.3 Å². The summed E-state index contributed by atoms with van der Waals surface area (Å²) in [6.45, 7) is 4.37. The maximum absolute atomic E-state index is 4.29. The van der Waals surface area contributed by atoms with Crippen LogP contribution in [0.4, 0.5) is 11.4 Å². The Morgan fingerprint density at radius 2 is 1.36 bits per heavy atom. The van der Waals surface area contributed by atoms with Crippen LogP contribution >= 0.6 is 0 Å². The monoisotopic (exact) mass is 292 g/mol. The van der Waals surface area contributed by atoms with Gasteiger partial charge in [0.05, 0.1) is 11.4 Å². The fraction of sp³-hybridized carbons (Fsp3) is 0.300. The summed E-state index contributed by atoms with van der Waals surface area (Å²) in [6.07, 6.45) is 8.94. The van der Waals surface area contributed by atoms with E-state index in [-0.39, 0.29) is 0 Å². The van der Waals surface area contributed by atoms with Crippen LogP contribution in [-0.4, -0.2) is 0 Å². The van der Waals surface area contributed by atoms with E-state index in [2.05, 4.69) is 60.5 Å². The molecule has 0 bridgehead atoms. The molecule has 22 heavy (non-hydrogen) atoms. The quantitative estimate of drug-likeness (QED) is 0.497. The van der Waals surface area contributed by atoms with Gasteiger partial charge >= 0.3 is 0 Å². The minimum absolute atomic E-state index is 0.880. The largest absolute Gasteiger partial charge is 0.151 e. The van der Waals surface area contributed by atoms with Gasteiger partial charge in [0, 0.05) is 0 Å². The fourth-order valence-electron chi connectivity index (χ4n) is 2.17. The molecular formula is C20H24N2. The molecule has 0 spiro atoms. The van der Waals surface area contributed by atoms with Gasteiger partial charge in [0.25, 0.3) is 0 Å². The molecule has 0 radical (unpaired) electrons. The summed E-state index contributed by atoms with van der Waals surface area (Å²) in [5, 5.41) is 8.58. The Hall–Kier alpha value is -2.22. The summed E-state index contributed by atoms with van der Waals surface area (Å²) in [5.74, 6) is 0. The lowest BCUT2D eigenvalue weighted by Gasteiger charge is -1.98. The molecule has 2 nitrogen and oxygen atoms in total. The number of unbranched alkanes of at least 4 members (excludes halogenated alkanes) is 1. The molecule has 0 saturated carbocycles. The standard InChI is InChI=1S/C20H24N2/c1-3-5-6-8-18-11-15-20(16-12-18)22-21-19-13-9-17(7-4-2)10-14-19/h6,8-16H,3-5,7H2,1-2H3. The zero-order valence-corrected chi connectivity index (χ0v) is 13.5. The first kappa shape index (κ1) is 16.2. The van der Waals surface area contributed by atoms with Gasteiger partial charge in [0.1, 0.15) is 0 Å². The van der Waals surface area contributed by atoms with Crippen LogP contribution in [0.5, 0.6) is 0 Å². The van der Waals surface area contributed by atoms with E-state index in [1.165, 1.54) is 24.0 Å². The highest BCUT2D eigenvalue weighted by Gasteiger charge is 1.94. The Bertz CT molecular complexity index is 607. The highest BCUT2D eigenvalue weighted by molar-refractivity contribution is 5.53. The number of rotatable bonds is 7. The molecule has 0 amide bonds. The minimum atomic E-state index is 0.880. The average molecular weight is 292 g/mol. The third kappa shape index (κ3) is 5.28. The summed E-state index contributed by atoms with van der Waals surface area (Å²) in [7, 11) is 0. The van der Waals surface area contributed by atoms with Crippen molar-refractivity contribution in [1.29, 1.82) is 0 Å². The maximum atomic E-state index is 4.29. The number of hydrogen-bond donors (Lipinski definition) is 0. The van der Waals surface area contributed by atoms with Gasteiger partial charge in [-0.05, 0) is 48.2 Å². The number of nitrogens with zero attached hydrogens (tertiary/aromatic N) is 2. The van der Waals surface area contributed by atoms with Crippen molar-refractivity contribution in [2.24, 2.45) is 10.2 Å². The second-order valence-electron chi connectivity index (χ2n) is 5.40. The molecule has 2 aromatic carbocycles. The number of azo groups is 1. The summed E-state index contributed by atoms with van der Waals surface area (Å²) in [5.41, 5.74) is 4.33. The van der Waals surface area contributed by atoms with Gasteiger partial charge in [0.15, 0.2) is 0 Å². The molecule has 0 fully saturated rings. The zero-order chi connectivity index (χ0) is 15.6. The van der Waals surface area contributed by atoms with Crippen molar-refractivity contribution in [3.8, 4) is 0 Å². The summed E-state index contributed by atoms with van der Waals surface area (Å²) >= 11 is 0. The molecule has 0 aliphatic carbocycles. The maximum Gasteiger partial charge on any atom is 0.0857 e. The highest BCUT2D eigenvalue weighted by Crippen LogP contribution is 2.20. The van der Waals surface area contributed by atoms with Gasteiger partial charge in [0.2, 0.25) is 0 Å². The molecule has 114 valence electrons. The topological polar surface area (TPSA) is 24.7 Å². The van der Waals surface area contributed by atoms with Gasteiger partial charge in [-0.25, -0.2) is 0 Å². The Morgan fingerprint density at radius 3 is 1.91 bits per heavy atom. The van der Waals surface area contributed by atoms with E-state index in [0.29, 0.717) is 0 Å². The van der Waals surface area contributed by atoms with Crippen LogP contribution in [0, 0.1) is 0 Å². The molecule has 2 aromatic rings. The minimum Gasteiger partial charge on any atom is -0.151 e. The van der Waals surface area contributed by atoms with Crippen LogP contribution in [0.3, 0.4) is 0 Å². The van der Waals surface area contributed by atoms with Gasteiger partial charge in [-0.15, -0.1) is 0 Å². The van der Waals surface area contributed by atoms with E-state index in [1.54, 1.807) is 0 Å². The van der Waals surface area contributed by atoms with Crippen molar-refractivity contribution in [2.75, 3.05) is 0 Å². The zero-order valence-electron chi connectivity index (χ0n) is 13.5. The number of hydrogen-bond acceptors (Lipinski definition) is 2. The third-order valence-corrected chi connectivity index (χ3v) is 3.41. The Labute approximate surface area is 133 Å². The lowest BCUT2D eigenvalue weighted by atomic mass is 10.1. The summed E-state index contributed by atoms with van der Waals surface area (Å²) in [6, 6.07) is 16.4. The predicted octanol–water partition coefficient (Wildman–Crippen LogP) is 6.87. The van der Waals surface area contributed by atoms with Crippen LogP contribution in [0.1, 0.15) is 44.2 Å². The van der Waals surface area contributed by atoms with Crippen molar-refractivity contribution in [3.63, 3.8) is 0 Å². The lowest BCUT2D eigenvalue weighted by molar-refractivity contribution is 0.922. The molecular weight excluding hydrogens is 268 g/mol. The molecule has 0 aliphatic rings. The van der Waals surface area contributed by atoms with Crippen molar-refractivity contribution < 1.29 is 0 Å². The van der Waals surface area contributed by atoms with Crippen molar-refractivity contribution in [2.45, 2.75) is 39.5 Å². The number of allylic oxidation sites excluding steroid dienone is 1. The predicted molar refractivity (Wildman–Crippen MR) is 95.0 cm³/mol. The lowest BCUT2D eigenvalue weighted by Crippen LogP contribution is -1.80. The van der Waals surface area contributed by atoms with E-state index >= 15 is 0 Å². The molecule has 2 rings (SSSR count). The van der Waals surface area contributed by atoms with Gasteiger partial charge in [-0.1, -0.05) is 63.1 Å². The smallest absolute Gasteiger partial charge is 0.0857 e. The first-order valence-corrected chi connectivity index (χ1v) is 8.09. The Kier molecular flexibility index (Phi) is 6.56. The van der Waals surface area contributed by atoms with Gasteiger partial charge in [-0.2, -0.15) is 10.2 Å². The van der Waals surface area contributed by atoms with E-state index in [0.717, 1.165) is 24.2 Å². The molecule has 0 aromatic heterocycles. The molecule has 0 heterocycles. The van der Waals surface area contributed by atoms with E-state index < -0.39 is 0 Å². The molecule has 2 heteroatoms. The van der Waals surface area contributed by atoms with Crippen LogP contribution in [0.2, 0.25) is 0 Å². The van der Waals surface area contributed by atoms with Crippen molar-refractivity contribution in [3.05, 3.63) is 65.7 Å². The van der Waals surface area contributed by atoms with Gasteiger partial charge < -0.3 is 0 Å². The third-order valence-electron chi connectivity index (χ3n) is 3.41. The second kappa shape index (κ2) is 8.93. The van der Waals surface area contributed by atoms with Crippen LogP contribution in [-0.2, 0) is 6.42 Å². The van der Waals surface area contributed by atoms with Crippen LogP contribution in [0.15, 0.2) is 64.8 Å². The summed E-state index contributed by atoms with van der Waals surface area (Å²) < 4.78 is 0. The molecule has 0 aliphatic heterocycles. The number of benzene rings is 2. The van der Waals surface area contributed by atoms with Crippen molar-refractivity contribution in [1.82, 2.24) is 0 Å². The Balaban J connectivity index is 1.97. The summed E-state index contributed by atoms with van der Waals surface area (Å²) in [4.78, 5) is 0. The van der Waals surface area contributed by atoms with E-state index in [4.69, 9.17) is 0 Å². The van der Waals surface area contributed by atoms with Crippen LogP contribution < -0.4 is 0 Å². The van der Waals surface area contributed by atoms with Crippen molar-refractivity contribution >= 4 is 17.5 Å². The number of aryl methyl sites for hydroxylation is 1. The highest BCUT2D eigenvalue weighted by atomic mass is 15.1. The van der Waals surface area contributed by atoms with E-state index in [9.17, 15) is 0 Å². The fourth-order valence-corrected chi connectivity index (χ4v) is 2.17. The average Bonchev–Trinajstić information content (AvgIpc) is 2.56. The van der Waals surface area contributed by atoms with Gasteiger partial charge in [-0.3, -0.25) is 0 Å².